The van der Waals surface area contributed by atoms with Crippen molar-refractivity contribution in [3.05, 3.63) is 54.1 Å². The maximum absolute atomic E-state index is 13.3. The van der Waals surface area contributed by atoms with E-state index < -0.39 is 15.6 Å². The summed E-state index contributed by atoms with van der Waals surface area (Å²) in [5, 5.41) is 0. The molecule has 0 bridgehead atoms. The minimum Gasteiger partial charge on any atom is -0.484 e. The zero-order chi connectivity index (χ0) is 22.2. The molecule has 0 aliphatic carbocycles. The Bertz CT molecular complexity index is 1060. The van der Waals surface area contributed by atoms with Crippen LogP contribution in [-0.2, 0) is 21.2 Å². The first-order chi connectivity index (χ1) is 14.7. The molecule has 2 heterocycles. The van der Waals surface area contributed by atoms with E-state index >= 15 is 0 Å². The molecule has 166 valence electrons. The van der Waals surface area contributed by atoms with Crippen LogP contribution in [0.1, 0.15) is 39.2 Å². The summed E-state index contributed by atoms with van der Waals surface area (Å²) in [5.74, 6) is 0.891. The highest BCUT2D eigenvalue weighted by atomic mass is 32.2. The zero-order valence-corrected chi connectivity index (χ0v) is 19.2. The van der Waals surface area contributed by atoms with Crippen LogP contribution in [0.15, 0.2) is 53.4 Å². The van der Waals surface area contributed by atoms with Crippen molar-refractivity contribution in [1.82, 2.24) is 4.31 Å². The molecule has 1 fully saturated rings. The van der Waals surface area contributed by atoms with E-state index in [9.17, 15) is 13.2 Å². The van der Waals surface area contributed by atoms with Gasteiger partial charge in [0.1, 0.15) is 11.4 Å². The molecule has 31 heavy (non-hydrogen) atoms. The van der Waals surface area contributed by atoms with Gasteiger partial charge in [0.2, 0.25) is 15.9 Å². The number of piperidine rings is 1. The van der Waals surface area contributed by atoms with Crippen molar-refractivity contribution in [3.8, 4) is 5.75 Å². The maximum atomic E-state index is 13.3. The van der Waals surface area contributed by atoms with E-state index in [0.29, 0.717) is 37.0 Å². The number of benzene rings is 2. The van der Waals surface area contributed by atoms with Crippen LogP contribution in [0.3, 0.4) is 0 Å². The Morgan fingerprint density at radius 2 is 1.77 bits per heavy atom. The number of anilines is 1. The van der Waals surface area contributed by atoms with Crippen LogP contribution < -0.4 is 9.64 Å². The van der Waals surface area contributed by atoms with E-state index in [-0.39, 0.29) is 10.8 Å². The minimum absolute atomic E-state index is 0.131. The Labute approximate surface area is 184 Å². The number of carbonyl (C=O) groups is 1. The number of hydrogen-bond donors (Lipinski definition) is 0. The zero-order valence-electron chi connectivity index (χ0n) is 18.4. The molecule has 0 radical (unpaired) electrons. The lowest BCUT2D eigenvalue weighted by atomic mass is 9.91. The fourth-order valence-corrected chi connectivity index (χ4v) is 5.97. The summed E-state index contributed by atoms with van der Waals surface area (Å²) in [5.41, 5.74) is 1.29. The summed E-state index contributed by atoms with van der Waals surface area (Å²) in [6, 6.07) is 15.2. The second-order valence-corrected chi connectivity index (χ2v) is 11.1. The first-order valence-electron chi connectivity index (χ1n) is 10.8. The molecule has 0 aromatic heterocycles. The molecule has 0 saturated carbocycles. The molecule has 4 rings (SSSR count). The van der Waals surface area contributed by atoms with E-state index in [2.05, 4.69) is 12.1 Å². The highest BCUT2D eigenvalue weighted by Gasteiger charge is 2.36. The number of sulfonamides is 1. The summed E-state index contributed by atoms with van der Waals surface area (Å²) in [4.78, 5) is 14.0. The molecule has 1 saturated heterocycles. The molecule has 0 N–H and O–H groups in total. The Morgan fingerprint density at radius 1 is 1.10 bits per heavy atom. The number of rotatable bonds is 4. The van der Waals surface area contributed by atoms with Gasteiger partial charge in [-0.25, -0.2) is 8.42 Å². The quantitative estimate of drug-likeness (QED) is 0.721. The molecule has 6 nitrogen and oxygen atoms in total. The average molecular weight is 443 g/mol. The Kier molecular flexibility index (Phi) is 5.83. The van der Waals surface area contributed by atoms with E-state index in [1.54, 1.807) is 27.4 Å². The normalized spacial score (nSPS) is 19.5. The first kappa shape index (κ1) is 21.8. The van der Waals surface area contributed by atoms with Gasteiger partial charge in [-0.1, -0.05) is 30.3 Å². The molecule has 0 unspecified atom stereocenters. The number of ether oxygens (including phenoxy) is 1. The number of hydrogen-bond acceptors (Lipinski definition) is 4. The monoisotopic (exact) mass is 442 g/mol. The van der Waals surface area contributed by atoms with Crippen molar-refractivity contribution in [1.29, 1.82) is 0 Å². The standard InChI is InChI=1S/C24H30N2O4S/c1-18(27)26-17-24(2,3)30-23-10-9-21(16-22(23)26)31(28,29)25-13-11-20(12-14-25)15-19-7-5-4-6-8-19/h4-10,16,20H,11-15,17H2,1-3H3. The van der Waals surface area contributed by atoms with Gasteiger partial charge in [-0.15, -0.1) is 0 Å². The van der Waals surface area contributed by atoms with Gasteiger partial charge < -0.3 is 9.64 Å². The van der Waals surface area contributed by atoms with Crippen molar-refractivity contribution in [3.63, 3.8) is 0 Å². The van der Waals surface area contributed by atoms with Crippen molar-refractivity contribution >= 4 is 21.6 Å². The highest BCUT2D eigenvalue weighted by molar-refractivity contribution is 7.89. The summed E-state index contributed by atoms with van der Waals surface area (Å²) in [6.45, 7) is 6.72. The topological polar surface area (TPSA) is 66.9 Å². The fraction of sp³-hybridized carbons (Fsp3) is 0.458. The minimum atomic E-state index is -3.63. The van der Waals surface area contributed by atoms with Gasteiger partial charge in [-0.2, -0.15) is 4.31 Å². The summed E-state index contributed by atoms with van der Waals surface area (Å²) < 4.78 is 34.2. The lowest BCUT2D eigenvalue weighted by Gasteiger charge is -2.39. The van der Waals surface area contributed by atoms with Crippen LogP contribution >= 0.6 is 0 Å². The molecule has 0 spiro atoms. The van der Waals surface area contributed by atoms with Crippen LogP contribution in [0.5, 0.6) is 5.75 Å². The molecule has 0 atom stereocenters. The molecular weight excluding hydrogens is 412 g/mol. The van der Waals surface area contributed by atoms with Crippen LogP contribution in [0, 0.1) is 5.92 Å². The molecule has 2 aromatic carbocycles. The molecule has 2 aromatic rings. The maximum Gasteiger partial charge on any atom is 0.243 e. The van der Waals surface area contributed by atoms with Crippen molar-refractivity contribution in [2.45, 2.75) is 50.5 Å². The molecule has 2 aliphatic rings. The van der Waals surface area contributed by atoms with Crippen molar-refractivity contribution in [2.75, 3.05) is 24.5 Å². The SMILES string of the molecule is CC(=O)N1CC(C)(C)Oc2ccc(S(=O)(=O)N3CCC(Cc4ccccc4)CC3)cc21. The molecule has 7 heteroatoms. The number of nitrogens with zero attached hydrogens (tertiary/aromatic N) is 2. The van der Waals surface area contributed by atoms with Crippen LogP contribution in [0.4, 0.5) is 5.69 Å². The van der Waals surface area contributed by atoms with Gasteiger partial charge in [-0.05, 0) is 62.8 Å². The van der Waals surface area contributed by atoms with Crippen LogP contribution in [0.25, 0.3) is 0 Å². The largest absolute Gasteiger partial charge is 0.484 e. The predicted molar refractivity (Wildman–Crippen MR) is 121 cm³/mol. The Morgan fingerprint density at radius 3 is 2.42 bits per heavy atom. The summed E-state index contributed by atoms with van der Waals surface area (Å²) >= 11 is 0. The van der Waals surface area contributed by atoms with Gasteiger partial charge in [0.15, 0.2) is 0 Å². The molecule has 2 aliphatic heterocycles. The second kappa shape index (κ2) is 8.28. The highest BCUT2D eigenvalue weighted by Crippen LogP contribution is 2.39. The third-order valence-electron chi connectivity index (χ3n) is 6.10. The van der Waals surface area contributed by atoms with Crippen molar-refractivity contribution in [2.24, 2.45) is 5.92 Å². The smallest absolute Gasteiger partial charge is 0.243 e. The van der Waals surface area contributed by atoms with Gasteiger partial charge in [0.25, 0.3) is 0 Å². The van der Waals surface area contributed by atoms with Gasteiger partial charge >= 0.3 is 0 Å². The van der Waals surface area contributed by atoms with E-state index in [4.69, 9.17) is 4.74 Å². The number of amides is 1. The van der Waals surface area contributed by atoms with E-state index in [0.717, 1.165) is 19.3 Å². The first-order valence-corrected chi connectivity index (χ1v) is 12.2. The van der Waals surface area contributed by atoms with Gasteiger partial charge in [-0.3, -0.25) is 4.79 Å². The van der Waals surface area contributed by atoms with Crippen molar-refractivity contribution < 1.29 is 17.9 Å². The number of carbonyl (C=O) groups excluding carboxylic acids is 1. The summed E-state index contributed by atoms with van der Waals surface area (Å²) in [7, 11) is -3.63. The Hall–Kier alpha value is -2.38. The third kappa shape index (κ3) is 4.62. The van der Waals surface area contributed by atoms with E-state index in [1.807, 2.05) is 32.0 Å². The lowest BCUT2D eigenvalue weighted by Crippen LogP contribution is -2.48. The summed E-state index contributed by atoms with van der Waals surface area (Å²) in [6.07, 6.45) is 2.67. The lowest BCUT2D eigenvalue weighted by molar-refractivity contribution is -0.117. The molecule has 1 amide bonds. The van der Waals surface area contributed by atoms with Crippen LogP contribution in [0.2, 0.25) is 0 Å². The van der Waals surface area contributed by atoms with Gasteiger partial charge in [0.05, 0.1) is 17.1 Å². The van der Waals surface area contributed by atoms with E-state index in [1.165, 1.54) is 12.5 Å². The average Bonchev–Trinajstić information content (AvgIpc) is 2.73. The second-order valence-electron chi connectivity index (χ2n) is 9.13. The Balaban J connectivity index is 1.51. The third-order valence-corrected chi connectivity index (χ3v) is 8.00. The van der Waals surface area contributed by atoms with Gasteiger partial charge in [0, 0.05) is 20.0 Å². The van der Waals surface area contributed by atoms with Crippen LogP contribution in [-0.4, -0.2) is 43.9 Å². The fourth-order valence-electron chi connectivity index (χ4n) is 4.48. The predicted octanol–water partition coefficient (Wildman–Crippen LogP) is 3.85. The number of fused-ring (bicyclic) bond motifs is 1. The molecular formula is C24H30N2O4S.